The molecule has 2 aliphatic rings. The van der Waals surface area contributed by atoms with Gasteiger partial charge in [0.05, 0.1) is 11.6 Å². The zero-order valence-corrected chi connectivity index (χ0v) is 10.4. The van der Waals surface area contributed by atoms with E-state index in [1.165, 1.54) is 61.9 Å². The van der Waals surface area contributed by atoms with E-state index >= 15 is 0 Å². The number of hydrogen-bond donors (Lipinski definition) is 1. The lowest BCUT2D eigenvalue weighted by Gasteiger charge is -2.24. The summed E-state index contributed by atoms with van der Waals surface area (Å²) in [4.78, 5) is 0. The topological polar surface area (TPSA) is 28.7 Å². The molecule has 0 unspecified atom stereocenters. The van der Waals surface area contributed by atoms with Crippen LogP contribution in [0.4, 0.5) is 0 Å². The molecule has 2 saturated carbocycles. The van der Waals surface area contributed by atoms with Gasteiger partial charge in [-0.25, -0.2) is 0 Å². The number of alkyl halides is 1. The summed E-state index contributed by atoms with van der Waals surface area (Å²) in [6.45, 7) is 0. The van der Waals surface area contributed by atoms with Crippen molar-refractivity contribution in [3.8, 4) is 0 Å². The van der Waals surface area contributed by atoms with Gasteiger partial charge in [0.25, 0.3) is 0 Å². The molecule has 2 fully saturated rings. The number of aromatic nitrogens is 2. The van der Waals surface area contributed by atoms with Crippen molar-refractivity contribution < 1.29 is 0 Å². The van der Waals surface area contributed by atoms with Crippen molar-refractivity contribution in [2.24, 2.45) is 0 Å². The molecule has 1 aromatic rings. The van der Waals surface area contributed by atoms with Crippen LogP contribution >= 0.6 is 11.6 Å². The van der Waals surface area contributed by atoms with Gasteiger partial charge < -0.3 is 0 Å². The summed E-state index contributed by atoms with van der Waals surface area (Å²) in [6, 6.07) is 0. The fourth-order valence-electron chi connectivity index (χ4n) is 3.11. The first-order valence-corrected chi connectivity index (χ1v) is 7.06. The molecule has 1 aromatic heterocycles. The van der Waals surface area contributed by atoms with Crippen LogP contribution in [0.3, 0.4) is 0 Å². The van der Waals surface area contributed by atoms with Crippen LogP contribution in [0.2, 0.25) is 0 Å². The van der Waals surface area contributed by atoms with Gasteiger partial charge in [-0.1, -0.05) is 19.3 Å². The lowest BCUT2D eigenvalue weighted by molar-refractivity contribution is 0.409. The van der Waals surface area contributed by atoms with Crippen molar-refractivity contribution in [3.05, 3.63) is 17.0 Å². The first kappa shape index (κ1) is 10.6. The van der Waals surface area contributed by atoms with Crippen LogP contribution in [0.1, 0.15) is 73.7 Å². The van der Waals surface area contributed by atoms with E-state index in [0.29, 0.717) is 17.7 Å². The molecule has 3 rings (SSSR count). The molecule has 0 aliphatic heterocycles. The SMILES string of the molecule is ClCc1c(C2CCC2)n[nH]c1C1CCCC1. The van der Waals surface area contributed by atoms with Gasteiger partial charge in [0.2, 0.25) is 0 Å². The maximum absolute atomic E-state index is 6.12. The van der Waals surface area contributed by atoms with Crippen LogP contribution in [0, 0.1) is 0 Å². The molecule has 0 atom stereocenters. The minimum Gasteiger partial charge on any atom is -0.282 e. The van der Waals surface area contributed by atoms with Crippen molar-refractivity contribution in [1.82, 2.24) is 10.2 Å². The van der Waals surface area contributed by atoms with Crippen molar-refractivity contribution in [2.45, 2.75) is 62.7 Å². The summed E-state index contributed by atoms with van der Waals surface area (Å²) in [5.74, 6) is 2.03. The average molecular weight is 239 g/mol. The van der Waals surface area contributed by atoms with Gasteiger partial charge in [0, 0.05) is 23.1 Å². The normalized spacial score (nSPS) is 22.6. The second-order valence-electron chi connectivity index (χ2n) is 5.24. The molecule has 0 spiro atoms. The Hall–Kier alpha value is -0.500. The van der Waals surface area contributed by atoms with E-state index in [1.54, 1.807) is 0 Å². The fraction of sp³-hybridized carbons (Fsp3) is 0.769. The number of aromatic amines is 1. The Bertz CT molecular complexity index is 362. The number of nitrogens with one attached hydrogen (secondary N) is 1. The third kappa shape index (κ3) is 1.67. The molecular formula is C13H19ClN2. The Morgan fingerprint density at radius 1 is 1.06 bits per heavy atom. The lowest BCUT2D eigenvalue weighted by atomic mass is 9.81. The number of halogens is 1. The van der Waals surface area contributed by atoms with Crippen LogP contribution < -0.4 is 0 Å². The smallest absolute Gasteiger partial charge is 0.0700 e. The number of nitrogens with zero attached hydrogens (tertiary/aromatic N) is 1. The molecule has 2 aliphatic carbocycles. The molecule has 16 heavy (non-hydrogen) atoms. The maximum Gasteiger partial charge on any atom is 0.0700 e. The minimum atomic E-state index is 0.633. The Morgan fingerprint density at radius 2 is 1.75 bits per heavy atom. The highest BCUT2D eigenvalue weighted by Gasteiger charge is 2.29. The van der Waals surface area contributed by atoms with Gasteiger partial charge in [-0.2, -0.15) is 5.10 Å². The van der Waals surface area contributed by atoms with Crippen LogP contribution in [0.15, 0.2) is 0 Å². The van der Waals surface area contributed by atoms with Crippen LogP contribution in [0.5, 0.6) is 0 Å². The van der Waals surface area contributed by atoms with Crippen LogP contribution in [-0.4, -0.2) is 10.2 Å². The van der Waals surface area contributed by atoms with E-state index in [0.717, 1.165) is 0 Å². The average Bonchev–Trinajstić information content (AvgIpc) is 2.81. The van der Waals surface area contributed by atoms with Crippen molar-refractivity contribution in [1.29, 1.82) is 0 Å². The molecule has 1 heterocycles. The molecule has 3 heteroatoms. The molecule has 2 nitrogen and oxygen atoms in total. The predicted molar refractivity (Wildman–Crippen MR) is 65.9 cm³/mol. The van der Waals surface area contributed by atoms with Crippen LogP contribution in [-0.2, 0) is 5.88 Å². The first-order valence-electron chi connectivity index (χ1n) is 6.53. The largest absolute Gasteiger partial charge is 0.282 e. The van der Waals surface area contributed by atoms with E-state index in [9.17, 15) is 0 Å². The Morgan fingerprint density at radius 3 is 2.31 bits per heavy atom. The zero-order chi connectivity index (χ0) is 11.0. The number of rotatable bonds is 3. The van der Waals surface area contributed by atoms with Crippen molar-refractivity contribution in [2.75, 3.05) is 0 Å². The molecule has 0 bridgehead atoms. The van der Waals surface area contributed by atoms with E-state index < -0.39 is 0 Å². The van der Waals surface area contributed by atoms with Crippen molar-refractivity contribution in [3.63, 3.8) is 0 Å². The van der Waals surface area contributed by atoms with E-state index in [4.69, 9.17) is 11.6 Å². The standard InChI is InChI=1S/C13H19ClN2/c14-8-11-12(9-4-1-2-5-9)15-16-13(11)10-6-3-7-10/h9-10H,1-8H2,(H,15,16). The first-order chi connectivity index (χ1) is 7.90. The summed E-state index contributed by atoms with van der Waals surface area (Å²) < 4.78 is 0. The van der Waals surface area contributed by atoms with Gasteiger partial charge in [-0.15, -0.1) is 11.6 Å². The van der Waals surface area contributed by atoms with Gasteiger partial charge in [0.15, 0.2) is 0 Å². The number of H-pyrrole nitrogens is 1. The van der Waals surface area contributed by atoms with E-state index in [1.807, 2.05) is 0 Å². The van der Waals surface area contributed by atoms with Gasteiger partial charge in [-0.05, 0) is 25.7 Å². The third-order valence-corrected chi connectivity index (χ3v) is 4.59. The fourth-order valence-corrected chi connectivity index (χ4v) is 3.39. The number of hydrogen-bond acceptors (Lipinski definition) is 1. The molecule has 0 aromatic carbocycles. The van der Waals surface area contributed by atoms with Gasteiger partial charge in [-0.3, -0.25) is 5.10 Å². The molecule has 88 valence electrons. The highest BCUT2D eigenvalue weighted by molar-refractivity contribution is 6.17. The quantitative estimate of drug-likeness (QED) is 0.790. The molecular weight excluding hydrogens is 220 g/mol. The monoisotopic (exact) mass is 238 g/mol. The summed E-state index contributed by atoms with van der Waals surface area (Å²) in [7, 11) is 0. The Kier molecular flexibility index (Phi) is 2.93. The second kappa shape index (κ2) is 4.40. The Balaban J connectivity index is 1.89. The molecule has 1 N–H and O–H groups in total. The minimum absolute atomic E-state index is 0.633. The maximum atomic E-state index is 6.12. The highest BCUT2D eigenvalue weighted by atomic mass is 35.5. The summed E-state index contributed by atoms with van der Waals surface area (Å²) in [6.07, 6.45) is 9.33. The van der Waals surface area contributed by atoms with Crippen LogP contribution in [0.25, 0.3) is 0 Å². The van der Waals surface area contributed by atoms with Crippen molar-refractivity contribution >= 4 is 11.6 Å². The highest BCUT2D eigenvalue weighted by Crippen LogP contribution is 2.41. The molecule has 0 radical (unpaired) electrons. The summed E-state index contributed by atoms with van der Waals surface area (Å²) >= 11 is 6.12. The third-order valence-electron chi connectivity index (χ3n) is 4.32. The zero-order valence-electron chi connectivity index (χ0n) is 9.64. The summed E-state index contributed by atoms with van der Waals surface area (Å²) in [5.41, 5.74) is 3.97. The van der Waals surface area contributed by atoms with Gasteiger partial charge in [0.1, 0.15) is 0 Å². The Labute approximate surface area is 102 Å². The van der Waals surface area contributed by atoms with E-state index in [2.05, 4.69) is 10.2 Å². The molecule has 0 amide bonds. The van der Waals surface area contributed by atoms with Gasteiger partial charge >= 0.3 is 0 Å². The van der Waals surface area contributed by atoms with E-state index in [-0.39, 0.29) is 0 Å². The molecule has 0 saturated heterocycles. The second-order valence-corrected chi connectivity index (χ2v) is 5.51. The summed E-state index contributed by atoms with van der Waals surface area (Å²) in [5, 5.41) is 7.83. The predicted octanol–water partition coefficient (Wildman–Crippen LogP) is 4.07. The lowest BCUT2D eigenvalue weighted by Crippen LogP contribution is -2.11.